The van der Waals surface area contributed by atoms with Crippen LogP contribution in [0.15, 0.2) is 47.4 Å². The van der Waals surface area contributed by atoms with Crippen molar-refractivity contribution in [3.8, 4) is 5.75 Å². The third-order valence-corrected chi connectivity index (χ3v) is 5.34. The van der Waals surface area contributed by atoms with Gasteiger partial charge in [0.05, 0.1) is 11.4 Å². The van der Waals surface area contributed by atoms with Crippen LogP contribution in [0.25, 0.3) is 0 Å². The molecule has 0 heterocycles. The van der Waals surface area contributed by atoms with Crippen molar-refractivity contribution >= 4 is 27.5 Å². The van der Waals surface area contributed by atoms with Crippen molar-refractivity contribution in [3.05, 3.63) is 58.6 Å². The van der Waals surface area contributed by atoms with Gasteiger partial charge < -0.3 is 10.1 Å². The summed E-state index contributed by atoms with van der Waals surface area (Å²) in [6, 6.07) is 11.3. The van der Waals surface area contributed by atoms with Crippen molar-refractivity contribution in [2.24, 2.45) is 0 Å². The molecule has 6 nitrogen and oxygen atoms in total. The van der Waals surface area contributed by atoms with Gasteiger partial charge in [0, 0.05) is 17.1 Å². The smallest absolute Gasteiger partial charge is 0.251 e. The summed E-state index contributed by atoms with van der Waals surface area (Å²) in [5, 5.41) is 3.32. The number of rotatable bonds is 8. The van der Waals surface area contributed by atoms with Crippen LogP contribution in [0.3, 0.4) is 0 Å². The highest BCUT2D eigenvalue weighted by molar-refractivity contribution is 7.89. The lowest BCUT2D eigenvalue weighted by Crippen LogP contribution is -2.28. The van der Waals surface area contributed by atoms with E-state index >= 15 is 0 Å². The van der Waals surface area contributed by atoms with E-state index in [9.17, 15) is 13.2 Å². The molecule has 0 aliphatic rings. The highest BCUT2D eigenvalue weighted by Gasteiger charge is 2.14. The molecule has 0 saturated carbocycles. The SMILES string of the molecule is CCNS(=O)(=O)c1ccc(OCCNC(=O)c2ccc(Cl)cc2)c(C)c1. The van der Waals surface area contributed by atoms with Crippen molar-refractivity contribution in [1.82, 2.24) is 10.0 Å². The van der Waals surface area contributed by atoms with E-state index in [2.05, 4.69) is 10.0 Å². The Balaban J connectivity index is 1.88. The summed E-state index contributed by atoms with van der Waals surface area (Å²) in [6.07, 6.45) is 0. The number of ether oxygens (including phenoxy) is 1. The number of hydrogen-bond donors (Lipinski definition) is 2. The van der Waals surface area contributed by atoms with Gasteiger partial charge in [-0.15, -0.1) is 0 Å². The number of sulfonamides is 1. The second-order valence-electron chi connectivity index (χ2n) is 5.54. The molecule has 2 aromatic rings. The van der Waals surface area contributed by atoms with Crippen LogP contribution in [0.1, 0.15) is 22.8 Å². The van der Waals surface area contributed by atoms with Gasteiger partial charge in [0.15, 0.2) is 0 Å². The molecule has 2 rings (SSSR count). The minimum atomic E-state index is -3.49. The van der Waals surface area contributed by atoms with E-state index in [-0.39, 0.29) is 17.4 Å². The van der Waals surface area contributed by atoms with Crippen LogP contribution in [0, 0.1) is 6.92 Å². The summed E-state index contributed by atoms with van der Waals surface area (Å²) in [7, 11) is -3.49. The number of carbonyl (C=O) groups excluding carboxylic acids is 1. The molecule has 0 aliphatic heterocycles. The van der Waals surface area contributed by atoms with Crippen LogP contribution < -0.4 is 14.8 Å². The molecule has 8 heteroatoms. The summed E-state index contributed by atoms with van der Waals surface area (Å²) in [4.78, 5) is 12.2. The van der Waals surface area contributed by atoms with Crippen molar-refractivity contribution < 1.29 is 17.9 Å². The highest BCUT2D eigenvalue weighted by Crippen LogP contribution is 2.21. The molecule has 0 aliphatic carbocycles. The molecule has 1 amide bonds. The fourth-order valence-electron chi connectivity index (χ4n) is 2.25. The van der Waals surface area contributed by atoms with E-state index in [0.717, 1.165) is 0 Å². The molecule has 0 aromatic heterocycles. The Kier molecular flexibility index (Phi) is 7.02. The lowest BCUT2D eigenvalue weighted by atomic mass is 10.2. The van der Waals surface area contributed by atoms with Crippen molar-refractivity contribution in [3.63, 3.8) is 0 Å². The maximum Gasteiger partial charge on any atom is 0.251 e. The molecule has 2 N–H and O–H groups in total. The zero-order chi connectivity index (χ0) is 19.2. The first-order valence-electron chi connectivity index (χ1n) is 8.10. The second-order valence-corrected chi connectivity index (χ2v) is 7.74. The first-order valence-corrected chi connectivity index (χ1v) is 9.96. The number of aryl methyl sites for hydroxylation is 1. The zero-order valence-electron chi connectivity index (χ0n) is 14.6. The van der Waals surface area contributed by atoms with Gasteiger partial charge in [-0.1, -0.05) is 18.5 Å². The average Bonchev–Trinajstić information content (AvgIpc) is 2.60. The van der Waals surface area contributed by atoms with Gasteiger partial charge in [0.1, 0.15) is 12.4 Å². The van der Waals surface area contributed by atoms with E-state index in [0.29, 0.717) is 35.0 Å². The largest absolute Gasteiger partial charge is 0.491 e. The van der Waals surface area contributed by atoms with Gasteiger partial charge in [-0.2, -0.15) is 0 Å². The van der Waals surface area contributed by atoms with Crippen LogP contribution in [0.2, 0.25) is 5.02 Å². The standard InChI is InChI=1S/C18H21ClN2O4S/c1-3-21-26(23,24)16-8-9-17(13(2)12-16)25-11-10-20-18(22)14-4-6-15(19)7-5-14/h4-9,12,21H,3,10-11H2,1-2H3,(H,20,22). The Morgan fingerprint density at radius 1 is 1.15 bits per heavy atom. The monoisotopic (exact) mass is 396 g/mol. The van der Waals surface area contributed by atoms with Crippen molar-refractivity contribution in [2.45, 2.75) is 18.7 Å². The Bertz CT molecular complexity index is 867. The Labute approximate surface area is 158 Å². The van der Waals surface area contributed by atoms with Crippen LogP contribution >= 0.6 is 11.6 Å². The first-order chi connectivity index (χ1) is 12.3. The number of nitrogens with one attached hydrogen (secondary N) is 2. The molecular weight excluding hydrogens is 376 g/mol. The van der Waals surface area contributed by atoms with Crippen LogP contribution in [0.5, 0.6) is 5.75 Å². The van der Waals surface area contributed by atoms with Gasteiger partial charge in [-0.25, -0.2) is 13.1 Å². The predicted octanol–water partition coefficient (Wildman–Crippen LogP) is 2.76. The van der Waals surface area contributed by atoms with Gasteiger partial charge in [0.2, 0.25) is 10.0 Å². The van der Waals surface area contributed by atoms with Crippen molar-refractivity contribution in [1.29, 1.82) is 0 Å². The summed E-state index contributed by atoms with van der Waals surface area (Å²) >= 11 is 5.79. The Hall–Kier alpha value is -2.09. The van der Waals surface area contributed by atoms with E-state index in [1.807, 2.05) is 0 Å². The number of benzene rings is 2. The number of halogens is 1. The zero-order valence-corrected chi connectivity index (χ0v) is 16.2. The van der Waals surface area contributed by atoms with Gasteiger partial charge in [-0.3, -0.25) is 4.79 Å². The first kappa shape index (κ1) is 20.2. The van der Waals surface area contributed by atoms with Crippen LogP contribution in [-0.4, -0.2) is 34.0 Å². The lowest BCUT2D eigenvalue weighted by molar-refractivity contribution is 0.0947. The third kappa shape index (κ3) is 5.45. The molecule has 0 radical (unpaired) electrons. The molecule has 0 fully saturated rings. The fourth-order valence-corrected chi connectivity index (χ4v) is 3.51. The van der Waals surface area contributed by atoms with E-state index in [4.69, 9.17) is 16.3 Å². The maximum atomic E-state index is 12.0. The van der Waals surface area contributed by atoms with E-state index < -0.39 is 10.0 Å². The molecule has 0 unspecified atom stereocenters. The molecule has 0 bridgehead atoms. The molecule has 0 atom stereocenters. The third-order valence-electron chi connectivity index (χ3n) is 3.54. The Morgan fingerprint density at radius 2 is 1.85 bits per heavy atom. The molecule has 140 valence electrons. The topological polar surface area (TPSA) is 84.5 Å². The summed E-state index contributed by atoms with van der Waals surface area (Å²) in [5.74, 6) is 0.357. The summed E-state index contributed by atoms with van der Waals surface area (Å²) < 4.78 is 32.0. The quantitative estimate of drug-likeness (QED) is 0.672. The minimum Gasteiger partial charge on any atom is -0.491 e. The summed E-state index contributed by atoms with van der Waals surface area (Å²) in [5.41, 5.74) is 1.22. The molecule has 26 heavy (non-hydrogen) atoms. The normalized spacial score (nSPS) is 11.2. The molecule has 0 spiro atoms. The van der Waals surface area contributed by atoms with Gasteiger partial charge in [0.25, 0.3) is 5.91 Å². The second kappa shape index (κ2) is 9.02. The fraction of sp³-hybridized carbons (Fsp3) is 0.278. The number of amides is 1. The van der Waals surface area contributed by atoms with Gasteiger partial charge in [-0.05, 0) is 55.0 Å². The van der Waals surface area contributed by atoms with E-state index in [1.54, 1.807) is 50.2 Å². The predicted molar refractivity (Wildman–Crippen MR) is 101 cm³/mol. The lowest BCUT2D eigenvalue weighted by Gasteiger charge is -2.12. The van der Waals surface area contributed by atoms with Crippen LogP contribution in [-0.2, 0) is 10.0 Å². The average molecular weight is 397 g/mol. The number of carbonyl (C=O) groups is 1. The molecular formula is C18H21ClN2O4S. The van der Waals surface area contributed by atoms with E-state index in [1.165, 1.54) is 6.07 Å². The van der Waals surface area contributed by atoms with Gasteiger partial charge >= 0.3 is 0 Å². The maximum absolute atomic E-state index is 12.0. The number of hydrogen-bond acceptors (Lipinski definition) is 4. The highest BCUT2D eigenvalue weighted by atomic mass is 35.5. The van der Waals surface area contributed by atoms with Crippen LogP contribution in [0.4, 0.5) is 0 Å². The van der Waals surface area contributed by atoms with Crippen molar-refractivity contribution in [2.75, 3.05) is 19.7 Å². The minimum absolute atomic E-state index is 0.195. The molecule has 0 saturated heterocycles. The summed E-state index contributed by atoms with van der Waals surface area (Å²) in [6.45, 7) is 4.40. The Morgan fingerprint density at radius 3 is 2.46 bits per heavy atom. The molecule has 2 aromatic carbocycles.